The fourth-order valence-corrected chi connectivity index (χ4v) is 1.61. The van der Waals surface area contributed by atoms with Gasteiger partial charge in [0.1, 0.15) is 11.5 Å². The monoisotopic (exact) mass is 224 g/mol. The van der Waals surface area contributed by atoms with E-state index in [9.17, 15) is 4.79 Å². The summed E-state index contributed by atoms with van der Waals surface area (Å²) < 4.78 is 5.44. The van der Waals surface area contributed by atoms with E-state index in [1.165, 1.54) is 0 Å². The van der Waals surface area contributed by atoms with Crippen LogP contribution in [-0.2, 0) is 6.54 Å². The molecule has 0 fully saturated rings. The number of furan rings is 1. The molecule has 0 aliphatic heterocycles. The second-order valence-corrected chi connectivity index (χ2v) is 3.82. The first-order valence-corrected chi connectivity index (χ1v) is 5.63. The molecule has 0 saturated heterocycles. The van der Waals surface area contributed by atoms with E-state index in [1.54, 1.807) is 16.8 Å². The maximum atomic E-state index is 11.9. The lowest BCUT2D eigenvalue weighted by Crippen LogP contribution is -2.40. The molecule has 1 aromatic heterocycles. The third kappa shape index (κ3) is 3.02. The molecule has 0 unspecified atom stereocenters. The molecule has 4 heteroatoms. The van der Waals surface area contributed by atoms with Crippen LogP contribution in [0.5, 0.6) is 0 Å². The van der Waals surface area contributed by atoms with Gasteiger partial charge in [-0.1, -0.05) is 0 Å². The largest absolute Gasteiger partial charge is 0.464 e. The summed E-state index contributed by atoms with van der Waals surface area (Å²) in [6.45, 7) is 7.84. The molecule has 1 rings (SSSR count). The Bertz CT molecular complexity index is 343. The number of aryl methyl sites for hydroxylation is 1. The average Bonchev–Trinajstić information content (AvgIpc) is 2.65. The van der Waals surface area contributed by atoms with Gasteiger partial charge in [0, 0.05) is 20.1 Å². The SMILES string of the molecule is CCN(CC)C(=O)N(C)Cc1ccc(C)o1. The van der Waals surface area contributed by atoms with Crippen LogP contribution in [0, 0.1) is 6.92 Å². The lowest BCUT2D eigenvalue weighted by molar-refractivity contribution is 0.162. The van der Waals surface area contributed by atoms with Crippen LogP contribution in [0.2, 0.25) is 0 Å². The third-order valence-corrected chi connectivity index (χ3v) is 2.55. The number of carbonyl (C=O) groups is 1. The molecule has 0 spiro atoms. The van der Waals surface area contributed by atoms with E-state index in [4.69, 9.17) is 4.42 Å². The van der Waals surface area contributed by atoms with Gasteiger partial charge in [0.2, 0.25) is 0 Å². The summed E-state index contributed by atoms with van der Waals surface area (Å²) in [5.74, 6) is 1.69. The predicted octanol–water partition coefficient (Wildman–Crippen LogP) is 2.48. The Hall–Kier alpha value is -1.45. The first-order chi connectivity index (χ1) is 7.58. The lowest BCUT2D eigenvalue weighted by Gasteiger charge is -2.25. The van der Waals surface area contributed by atoms with Crippen molar-refractivity contribution < 1.29 is 9.21 Å². The Morgan fingerprint density at radius 1 is 1.31 bits per heavy atom. The van der Waals surface area contributed by atoms with E-state index < -0.39 is 0 Å². The minimum Gasteiger partial charge on any atom is -0.464 e. The Labute approximate surface area is 96.8 Å². The van der Waals surface area contributed by atoms with Crippen molar-refractivity contribution in [2.24, 2.45) is 0 Å². The molecule has 16 heavy (non-hydrogen) atoms. The molecule has 4 nitrogen and oxygen atoms in total. The van der Waals surface area contributed by atoms with Crippen molar-refractivity contribution in [2.75, 3.05) is 20.1 Å². The first-order valence-electron chi connectivity index (χ1n) is 5.63. The number of hydrogen-bond donors (Lipinski definition) is 0. The molecule has 0 bridgehead atoms. The maximum Gasteiger partial charge on any atom is 0.320 e. The van der Waals surface area contributed by atoms with Gasteiger partial charge in [0.05, 0.1) is 6.54 Å². The van der Waals surface area contributed by atoms with Gasteiger partial charge in [-0.3, -0.25) is 0 Å². The van der Waals surface area contributed by atoms with Crippen molar-refractivity contribution in [1.29, 1.82) is 0 Å². The van der Waals surface area contributed by atoms with Gasteiger partial charge in [-0.15, -0.1) is 0 Å². The fourth-order valence-electron chi connectivity index (χ4n) is 1.61. The van der Waals surface area contributed by atoms with Gasteiger partial charge >= 0.3 is 6.03 Å². The molecule has 2 amide bonds. The van der Waals surface area contributed by atoms with Gasteiger partial charge < -0.3 is 14.2 Å². The molecule has 90 valence electrons. The molecule has 0 atom stereocenters. The highest BCUT2D eigenvalue weighted by Crippen LogP contribution is 2.09. The van der Waals surface area contributed by atoms with E-state index in [2.05, 4.69) is 0 Å². The Balaban J connectivity index is 2.57. The second-order valence-electron chi connectivity index (χ2n) is 3.82. The van der Waals surface area contributed by atoms with Crippen LogP contribution in [0.25, 0.3) is 0 Å². The van der Waals surface area contributed by atoms with Crippen LogP contribution in [0.3, 0.4) is 0 Å². The third-order valence-electron chi connectivity index (χ3n) is 2.55. The molecule has 0 aliphatic rings. The molecular weight excluding hydrogens is 204 g/mol. The van der Waals surface area contributed by atoms with E-state index in [1.807, 2.05) is 32.9 Å². The predicted molar refractivity (Wildman–Crippen MR) is 63.2 cm³/mol. The zero-order valence-electron chi connectivity index (χ0n) is 10.5. The fraction of sp³-hybridized carbons (Fsp3) is 0.583. The topological polar surface area (TPSA) is 36.7 Å². The number of rotatable bonds is 4. The molecule has 0 aromatic carbocycles. The molecule has 1 aromatic rings. The van der Waals surface area contributed by atoms with E-state index in [0.29, 0.717) is 6.54 Å². The number of hydrogen-bond acceptors (Lipinski definition) is 2. The van der Waals surface area contributed by atoms with Crippen LogP contribution in [0.4, 0.5) is 4.79 Å². The van der Waals surface area contributed by atoms with Gasteiger partial charge in [-0.2, -0.15) is 0 Å². The van der Waals surface area contributed by atoms with Crippen molar-refractivity contribution in [2.45, 2.75) is 27.3 Å². The van der Waals surface area contributed by atoms with Crippen LogP contribution < -0.4 is 0 Å². The van der Waals surface area contributed by atoms with Crippen LogP contribution in [0.1, 0.15) is 25.4 Å². The highest BCUT2D eigenvalue weighted by molar-refractivity contribution is 5.73. The van der Waals surface area contributed by atoms with Crippen LogP contribution >= 0.6 is 0 Å². The standard InChI is InChI=1S/C12H20N2O2/c1-5-14(6-2)12(15)13(4)9-11-8-7-10(3)16-11/h7-8H,5-6,9H2,1-4H3. The van der Waals surface area contributed by atoms with Gasteiger partial charge in [-0.05, 0) is 32.9 Å². The van der Waals surface area contributed by atoms with Crippen LogP contribution in [-0.4, -0.2) is 36.0 Å². The molecule has 1 heterocycles. The van der Waals surface area contributed by atoms with Gasteiger partial charge in [0.15, 0.2) is 0 Å². The van der Waals surface area contributed by atoms with Crippen molar-refractivity contribution >= 4 is 6.03 Å². The first kappa shape index (κ1) is 12.6. The van der Waals surface area contributed by atoms with E-state index in [0.717, 1.165) is 24.6 Å². The number of carbonyl (C=O) groups excluding carboxylic acids is 1. The number of amides is 2. The minimum absolute atomic E-state index is 0.0408. The summed E-state index contributed by atoms with van der Waals surface area (Å²) in [5.41, 5.74) is 0. The van der Waals surface area contributed by atoms with E-state index in [-0.39, 0.29) is 6.03 Å². The summed E-state index contributed by atoms with van der Waals surface area (Å²) in [6.07, 6.45) is 0. The Morgan fingerprint density at radius 2 is 1.94 bits per heavy atom. The molecule has 0 aliphatic carbocycles. The summed E-state index contributed by atoms with van der Waals surface area (Å²) in [7, 11) is 1.79. The zero-order chi connectivity index (χ0) is 12.1. The Kier molecular flexibility index (Phi) is 4.40. The number of nitrogens with zero attached hydrogens (tertiary/aromatic N) is 2. The van der Waals surface area contributed by atoms with Gasteiger partial charge in [-0.25, -0.2) is 4.79 Å². The zero-order valence-corrected chi connectivity index (χ0v) is 10.5. The summed E-state index contributed by atoms with van der Waals surface area (Å²) >= 11 is 0. The summed E-state index contributed by atoms with van der Waals surface area (Å²) in [4.78, 5) is 15.4. The maximum absolute atomic E-state index is 11.9. The molecule has 0 radical (unpaired) electrons. The lowest BCUT2D eigenvalue weighted by atomic mass is 10.4. The van der Waals surface area contributed by atoms with Crippen LogP contribution in [0.15, 0.2) is 16.5 Å². The van der Waals surface area contributed by atoms with Gasteiger partial charge in [0.25, 0.3) is 0 Å². The van der Waals surface area contributed by atoms with Crippen molar-refractivity contribution in [3.8, 4) is 0 Å². The molecule has 0 saturated carbocycles. The summed E-state index contributed by atoms with van der Waals surface area (Å²) in [6, 6.07) is 3.85. The number of urea groups is 1. The van der Waals surface area contributed by atoms with E-state index >= 15 is 0 Å². The molecular formula is C12H20N2O2. The molecule has 0 N–H and O–H groups in total. The minimum atomic E-state index is 0.0408. The quantitative estimate of drug-likeness (QED) is 0.787. The van der Waals surface area contributed by atoms with Crippen molar-refractivity contribution in [3.63, 3.8) is 0 Å². The second kappa shape index (κ2) is 5.58. The smallest absolute Gasteiger partial charge is 0.320 e. The van der Waals surface area contributed by atoms with Crippen molar-refractivity contribution in [1.82, 2.24) is 9.80 Å². The highest BCUT2D eigenvalue weighted by atomic mass is 16.3. The van der Waals surface area contributed by atoms with Crippen molar-refractivity contribution in [3.05, 3.63) is 23.7 Å². The highest BCUT2D eigenvalue weighted by Gasteiger charge is 2.15. The summed E-state index contributed by atoms with van der Waals surface area (Å²) in [5, 5.41) is 0. The normalized spacial score (nSPS) is 10.2. The Morgan fingerprint density at radius 3 is 2.38 bits per heavy atom. The average molecular weight is 224 g/mol.